The molecule has 3 aromatic carbocycles. The summed E-state index contributed by atoms with van der Waals surface area (Å²) in [6.45, 7) is 1.93. The first-order chi connectivity index (χ1) is 21.7. The maximum atomic E-state index is 14.5. The predicted octanol–water partition coefficient (Wildman–Crippen LogP) is 5.47. The predicted molar refractivity (Wildman–Crippen MR) is 178 cm³/mol. The zero-order valence-corrected chi connectivity index (χ0v) is 27.9. The van der Waals surface area contributed by atoms with Crippen molar-refractivity contribution < 1.29 is 27.5 Å². The summed E-state index contributed by atoms with van der Waals surface area (Å²) < 4.78 is 40.3. The second-order valence-corrected chi connectivity index (χ2v) is 14.5. The lowest BCUT2D eigenvalue weighted by atomic mass is 9.94. The molecule has 240 valence electrons. The van der Waals surface area contributed by atoms with E-state index in [1.165, 1.54) is 4.90 Å². The molecule has 1 aliphatic heterocycles. The number of nitrogens with one attached hydrogen (secondary N) is 1. The molecule has 0 bridgehead atoms. The number of benzene rings is 3. The Balaban J connectivity index is 1.51. The van der Waals surface area contributed by atoms with Crippen molar-refractivity contribution in [1.82, 2.24) is 10.2 Å². The summed E-state index contributed by atoms with van der Waals surface area (Å²) in [6.07, 6.45) is 5.33. The summed E-state index contributed by atoms with van der Waals surface area (Å²) in [7, 11) is -3.89. The molecule has 1 heterocycles. The van der Waals surface area contributed by atoms with Crippen LogP contribution >= 0.6 is 15.9 Å². The molecule has 3 aromatic rings. The molecule has 0 spiro atoms. The van der Waals surface area contributed by atoms with Gasteiger partial charge in [-0.1, -0.05) is 77.7 Å². The Morgan fingerprint density at radius 1 is 0.911 bits per heavy atom. The standard InChI is InChI=1S/C34H40BrN3O6S/c1-2-45(41,42)38(29-17-18-31-32(22-29)44-20-19-43-31)24-33(39)37(23-26-13-15-27(35)16-14-26)30(21-25-9-5-3-6-10-25)34(40)36-28-11-7-4-8-12-28/h3,5-6,9-10,13-18,22,28,30H,2,4,7-8,11-12,19-21,23-24H2,1H3,(H,36,40)/t30-/m1/s1. The van der Waals surface area contributed by atoms with Crippen molar-refractivity contribution in [1.29, 1.82) is 0 Å². The lowest BCUT2D eigenvalue weighted by molar-refractivity contribution is -0.140. The Morgan fingerprint density at radius 2 is 1.60 bits per heavy atom. The monoisotopic (exact) mass is 697 g/mol. The number of fused-ring (bicyclic) bond motifs is 1. The van der Waals surface area contributed by atoms with Crippen molar-refractivity contribution in [2.24, 2.45) is 0 Å². The second-order valence-electron chi connectivity index (χ2n) is 11.4. The highest BCUT2D eigenvalue weighted by Gasteiger charge is 2.35. The average molecular weight is 699 g/mol. The van der Waals surface area contributed by atoms with E-state index in [0.29, 0.717) is 30.4 Å². The number of anilines is 1. The summed E-state index contributed by atoms with van der Waals surface area (Å²) in [4.78, 5) is 30.1. The highest BCUT2D eigenvalue weighted by atomic mass is 79.9. The van der Waals surface area contributed by atoms with Gasteiger partial charge in [0.1, 0.15) is 25.8 Å². The van der Waals surface area contributed by atoms with E-state index in [4.69, 9.17) is 9.47 Å². The van der Waals surface area contributed by atoms with Crippen LogP contribution in [0.15, 0.2) is 77.3 Å². The van der Waals surface area contributed by atoms with Gasteiger partial charge in [-0.05, 0) is 55.2 Å². The van der Waals surface area contributed by atoms with Crippen LogP contribution in [-0.4, -0.2) is 62.7 Å². The molecule has 1 saturated carbocycles. The van der Waals surface area contributed by atoms with Gasteiger partial charge in [-0.2, -0.15) is 0 Å². The summed E-state index contributed by atoms with van der Waals surface area (Å²) in [5.41, 5.74) is 2.02. The molecule has 2 aliphatic rings. The van der Waals surface area contributed by atoms with E-state index < -0.39 is 28.5 Å². The molecule has 0 saturated heterocycles. The fraction of sp³-hybridized carbons (Fsp3) is 0.412. The molecule has 2 amide bonds. The van der Waals surface area contributed by atoms with E-state index in [-0.39, 0.29) is 30.7 Å². The van der Waals surface area contributed by atoms with E-state index in [0.717, 1.165) is 52.0 Å². The van der Waals surface area contributed by atoms with Crippen LogP contribution in [0.1, 0.15) is 50.2 Å². The number of hydrogen-bond acceptors (Lipinski definition) is 6. The first-order valence-corrected chi connectivity index (χ1v) is 17.9. The Morgan fingerprint density at radius 3 is 2.29 bits per heavy atom. The molecule has 0 aromatic heterocycles. The molecule has 45 heavy (non-hydrogen) atoms. The maximum absolute atomic E-state index is 14.5. The molecule has 5 rings (SSSR count). The van der Waals surface area contributed by atoms with Crippen molar-refractivity contribution in [3.8, 4) is 11.5 Å². The molecule has 0 unspecified atom stereocenters. The summed E-state index contributed by atoms with van der Waals surface area (Å²) in [5.74, 6) is 0.00853. The van der Waals surface area contributed by atoms with Gasteiger partial charge in [0.2, 0.25) is 21.8 Å². The Kier molecular flexibility index (Phi) is 11.0. The van der Waals surface area contributed by atoms with Gasteiger partial charge in [-0.3, -0.25) is 13.9 Å². The Hall–Kier alpha value is -3.57. The normalized spacial score (nSPS) is 15.6. The number of rotatable bonds is 12. The van der Waals surface area contributed by atoms with Crippen molar-refractivity contribution >= 4 is 43.5 Å². The van der Waals surface area contributed by atoms with Crippen molar-refractivity contribution in [2.45, 2.75) is 64.1 Å². The zero-order chi connectivity index (χ0) is 31.8. The molecular formula is C34H40BrN3O6S. The van der Waals surface area contributed by atoms with Gasteiger partial charge in [0.05, 0.1) is 11.4 Å². The van der Waals surface area contributed by atoms with Crippen LogP contribution in [0.5, 0.6) is 11.5 Å². The number of carbonyl (C=O) groups excluding carboxylic acids is 2. The van der Waals surface area contributed by atoms with Gasteiger partial charge in [0, 0.05) is 29.5 Å². The molecule has 1 atom stereocenters. The third-order valence-electron chi connectivity index (χ3n) is 8.28. The molecule has 0 radical (unpaired) electrons. The second kappa shape index (κ2) is 15.1. The Labute approximate surface area is 274 Å². The van der Waals surface area contributed by atoms with E-state index in [9.17, 15) is 18.0 Å². The minimum atomic E-state index is -3.89. The van der Waals surface area contributed by atoms with Crippen LogP contribution in [0.2, 0.25) is 0 Å². The number of carbonyl (C=O) groups is 2. The van der Waals surface area contributed by atoms with E-state index >= 15 is 0 Å². The lowest BCUT2D eigenvalue weighted by Crippen LogP contribution is -2.55. The fourth-order valence-corrected chi connectivity index (χ4v) is 7.11. The fourth-order valence-electron chi connectivity index (χ4n) is 5.79. The third kappa shape index (κ3) is 8.58. The van der Waals surface area contributed by atoms with Crippen LogP contribution in [-0.2, 0) is 32.6 Å². The van der Waals surface area contributed by atoms with Crippen LogP contribution < -0.4 is 19.1 Å². The van der Waals surface area contributed by atoms with Gasteiger partial charge in [0.15, 0.2) is 11.5 Å². The average Bonchev–Trinajstić information content (AvgIpc) is 3.06. The van der Waals surface area contributed by atoms with Gasteiger partial charge in [0.25, 0.3) is 0 Å². The largest absolute Gasteiger partial charge is 0.486 e. The zero-order valence-electron chi connectivity index (χ0n) is 25.5. The molecular weight excluding hydrogens is 658 g/mol. The Bertz CT molecular complexity index is 1560. The maximum Gasteiger partial charge on any atom is 0.244 e. The number of hydrogen-bond donors (Lipinski definition) is 1. The first-order valence-electron chi connectivity index (χ1n) is 15.5. The molecule has 1 aliphatic carbocycles. The van der Waals surface area contributed by atoms with Crippen molar-refractivity contribution in [3.63, 3.8) is 0 Å². The lowest BCUT2D eigenvalue weighted by Gasteiger charge is -2.35. The molecule has 9 nitrogen and oxygen atoms in total. The van der Waals surface area contributed by atoms with Crippen LogP contribution in [0, 0.1) is 0 Å². The minimum absolute atomic E-state index is 0.0452. The van der Waals surface area contributed by atoms with Crippen LogP contribution in [0.25, 0.3) is 0 Å². The highest BCUT2D eigenvalue weighted by molar-refractivity contribution is 9.10. The van der Waals surface area contributed by atoms with Crippen LogP contribution in [0.3, 0.4) is 0 Å². The number of nitrogens with zero attached hydrogens (tertiary/aromatic N) is 2. The summed E-state index contributed by atoms with van der Waals surface area (Å²) >= 11 is 3.47. The van der Waals surface area contributed by atoms with Gasteiger partial charge in [-0.25, -0.2) is 8.42 Å². The van der Waals surface area contributed by atoms with E-state index in [1.54, 1.807) is 25.1 Å². The first kappa shape index (κ1) is 32.8. The third-order valence-corrected chi connectivity index (χ3v) is 10.6. The quantitative estimate of drug-likeness (QED) is 0.269. The summed E-state index contributed by atoms with van der Waals surface area (Å²) in [5, 5.41) is 3.23. The van der Waals surface area contributed by atoms with Crippen molar-refractivity contribution in [3.05, 3.63) is 88.4 Å². The smallest absolute Gasteiger partial charge is 0.244 e. The van der Waals surface area contributed by atoms with E-state index in [1.807, 2.05) is 54.6 Å². The van der Waals surface area contributed by atoms with Gasteiger partial charge in [-0.15, -0.1) is 0 Å². The number of sulfonamides is 1. The number of ether oxygens (including phenoxy) is 2. The number of halogens is 1. The van der Waals surface area contributed by atoms with Gasteiger partial charge < -0.3 is 19.7 Å². The van der Waals surface area contributed by atoms with E-state index in [2.05, 4.69) is 21.2 Å². The van der Waals surface area contributed by atoms with Crippen molar-refractivity contribution in [2.75, 3.05) is 29.8 Å². The number of amides is 2. The SMILES string of the molecule is CCS(=O)(=O)N(CC(=O)N(Cc1ccc(Br)cc1)[C@H](Cc1ccccc1)C(=O)NC1CCCCC1)c1ccc2c(c1)OCCO2. The minimum Gasteiger partial charge on any atom is -0.486 e. The topological polar surface area (TPSA) is 105 Å². The molecule has 11 heteroatoms. The molecule has 1 N–H and O–H groups in total. The summed E-state index contributed by atoms with van der Waals surface area (Å²) in [6, 6.07) is 21.2. The highest BCUT2D eigenvalue weighted by Crippen LogP contribution is 2.35. The molecule has 1 fully saturated rings. The van der Waals surface area contributed by atoms with Gasteiger partial charge >= 0.3 is 0 Å². The van der Waals surface area contributed by atoms with Crippen LogP contribution in [0.4, 0.5) is 5.69 Å².